The van der Waals surface area contributed by atoms with E-state index in [0.29, 0.717) is 5.52 Å². The van der Waals surface area contributed by atoms with E-state index in [1.165, 1.54) is 10.7 Å². The lowest BCUT2D eigenvalue weighted by molar-refractivity contribution is -0.136. The summed E-state index contributed by atoms with van der Waals surface area (Å²) in [4.78, 5) is 0. The van der Waals surface area contributed by atoms with Gasteiger partial charge in [-0.05, 0) is 12.1 Å². The Labute approximate surface area is 88.3 Å². The van der Waals surface area contributed by atoms with Crippen LogP contribution in [0.1, 0.15) is 5.56 Å². The van der Waals surface area contributed by atoms with E-state index in [-0.39, 0.29) is 10.5 Å². The van der Waals surface area contributed by atoms with Crippen LogP contribution in [-0.4, -0.2) is 9.78 Å². The molecule has 1 aromatic heterocycles. The summed E-state index contributed by atoms with van der Waals surface area (Å²) in [5.74, 6) is 0. The highest BCUT2D eigenvalue weighted by molar-refractivity contribution is 6.34. The maximum absolute atomic E-state index is 12.6. The number of aryl methyl sites for hydroxylation is 1. The van der Waals surface area contributed by atoms with Crippen molar-refractivity contribution in [3.05, 3.63) is 28.9 Å². The van der Waals surface area contributed by atoms with Gasteiger partial charge in [0.05, 0.1) is 16.5 Å². The molecule has 0 N–H and O–H groups in total. The summed E-state index contributed by atoms with van der Waals surface area (Å²) in [6.07, 6.45) is -4.41. The van der Waals surface area contributed by atoms with Crippen LogP contribution in [0.2, 0.25) is 5.15 Å². The first kappa shape index (κ1) is 10.3. The van der Waals surface area contributed by atoms with Gasteiger partial charge in [-0.3, -0.25) is 4.68 Å². The highest BCUT2D eigenvalue weighted by Crippen LogP contribution is 2.37. The van der Waals surface area contributed by atoms with Crippen LogP contribution in [0.25, 0.3) is 10.9 Å². The smallest absolute Gasteiger partial charge is 0.266 e. The summed E-state index contributed by atoms with van der Waals surface area (Å²) in [5.41, 5.74) is -0.382. The molecule has 0 radical (unpaired) electrons. The first-order chi connectivity index (χ1) is 6.91. The summed E-state index contributed by atoms with van der Waals surface area (Å²) >= 11 is 5.66. The van der Waals surface area contributed by atoms with Crippen LogP contribution in [-0.2, 0) is 13.2 Å². The summed E-state index contributed by atoms with van der Waals surface area (Å²) in [7, 11) is 1.55. The minimum atomic E-state index is -4.41. The summed E-state index contributed by atoms with van der Waals surface area (Å²) in [6, 6.07) is 3.88. The predicted molar refractivity (Wildman–Crippen MR) is 50.7 cm³/mol. The Hall–Kier alpha value is -1.23. The van der Waals surface area contributed by atoms with E-state index in [4.69, 9.17) is 11.6 Å². The molecule has 2 nitrogen and oxygen atoms in total. The number of aromatic nitrogens is 2. The third-order valence-electron chi connectivity index (χ3n) is 2.14. The van der Waals surface area contributed by atoms with Gasteiger partial charge in [0.25, 0.3) is 0 Å². The van der Waals surface area contributed by atoms with Gasteiger partial charge in [-0.15, -0.1) is 0 Å². The second-order valence-electron chi connectivity index (χ2n) is 3.11. The lowest BCUT2D eigenvalue weighted by Gasteiger charge is -2.07. The third kappa shape index (κ3) is 1.56. The molecule has 15 heavy (non-hydrogen) atoms. The molecule has 0 saturated heterocycles. The van der Waals surface area contributed by atoms with Crippen molar-refractivity contribution in [2.45, 2.75) is 6.18 Å². The van der Waals surface area contributed by atoms with Gasteiger partial charge >= 0.3 is 6.18 Å². The molecular formula is C9H6ClF3N2. The molecule has 0 aliphatic rings. The second-order valence-corrected chi connectivity index (χ2v) is 3.47. The van der Waals surface area contributed by atoms with Crippen molar-refractivity contribution in [1.82, 2.24) is 9.78 Å². The number of fused-ring (bicyclic) bond motifs is 1. The predicted octanol–water partition coefficient (Wildman–Crippen LogP) is 3.25. The van der Waals surface area contributed by atoms with Crippen LogP contribution >= 0.6 is 11.6 Å². The van der Waals surface area contributed by atoms with Crippen molar-refractivity contribution in [3.8, 4) is 0 Å². The Balaban J connectivity index is 2.87. The quantitative estimate of drug-likeness (QED) is 0.684. The van der Waals surface area contributed by atoms with Crippen molar-refractivity contribution in [2.75, 3.05) is 0 Å². The fourth-order valence-corrected chi connectivity index (χ4v) is 1.81. The average molecular weight is 235 g/mol. The van der Waals surface area contributed by atoms with Crippen molar-refractivity contribution >= 4 is 22.5 Å². The Morgan fingerprint density at radius 1 is 1.33 bits per heavy atom. The molecule has 0 spiro atoms. The normalized spacial score (nSPS) is 12.3. The van der Waals surface area contributed by atoms with Crippen molar-refractivity contribution in [3.63, 3.8) is 0 Å². The van der Waals surface area contributed by atoms with Gasteiger partial charge in [0.15, 0.2) is 5.15 Å². The number of hydrogen-bond donors (Lipinski definition) is 0. The molecule has 2 aromatic rings. The molecule has 0 atom stereocenters. The standard InChI is InChI=1S/C9H6ClF3N2/c1-15-6-4-2-3-5(9(11,12)13)7(6)8(10)14-15/h2-4H,1H3. The van der Waals surface area contributed by atoms with Crippen LogP contribution in [0.5, 0.6) is 0 Å². The molecule has 0 saturated carbocycles. The molecule has 0 bridgehead atoms. The molecule has 0 unspecified atom stereocenters. The van der Waals surface area contributed by atoms with E-state index in [9.17, 15) is 13.2 Å². The maximum atomic E-state index is 12.6. The zero-order valence-corrected chi connectivity index (χ0v) is 8.39. The second kappa shape index (κ2) is 3.13. The topological polar surface area (TPSA) is 17.8 Å². The molecular weight excluding hydrogens is 229 g/mol. The van der Waals surface area contributed by atoms with Gasteiger partial charge in [-0.2, -0.15) is 18.3 Å². The number of rotatable bonds is 0. The number of benzene rings is 1. The van der Waals surface area contributed by atoms with Crippen molar-refractivity contribution in [2.24, 2.45) is 7.05 Å². The zero-order valence-electron chi connectivity index (χ0n) is 7.64. The van der Waals surface area contributed by atoms with Gasteiger partial charge in [0, 0.05) is 7.05 Å². The van der Waals surface area contributed by atoms with E-state index in [1.54, 1.807) is 13.1 Å². The number of halogens is 4. The van der Waals surface area contributed by atoms with Crippen LogP contribution < -0.4 is 0 Å². The first-order valence-corrected chi connectivity index (χ1v) is 4.47. The average Bonchev–Trinajstić information content (AvgIpc) is 2.41. The van der Waals surface area contributed by atoms with E-state index >= 15 is 0 Å². The van der Waals surface area contributed by atoms with Gasteiger partial charge in [-0.25, -0.2) is 0 Å². The van der Waals surface area contributed by atoms with E-state index in [0.717, 1.165) is 6.07 Å². The minimum absolute atomic E-state index is 0.0471. The summed E-state index contributed by atoms with van der Waals surface area (Å²) < 4.78 is 39.2. The number of alkyl halides is 3. The molecule has 1 heterocycles. The SMILES string of the molecule is Cn1nc(Cl)c2c(C(F)(F)F)cccc21. The van der Waals surface area contributed by atoms with Gasteiger partial charge in [-0.1, -0.05) is 17.7 Å². The van der Waals surface area contributed by atoms with Crippen LogP contribution in [0.15, 0.2) is 18.2 Å². The van der Waals surface area contributed by atoms with Crippen molar-refractivity contribution < 1.29 is 13.2 Å². The van der Waals surface area contributed by atoms with Crippen LogP contribution in [0.3, 0.4) is 0 Å². The van der Waals surface area contributed by atoms with Crippen molar-refractivity contribution in [1.29, 1.82) is 0 Å². The summed E-state index contributed by atoms with van der Waals surface area (Å²) in [6.45, 7) is 0. The Morgan fingerprint density at radius 3 is 2.60 bits per heavy atom. The summed E-state index contributed by atoms with van der Waals surface area (Å²) in [5, 5.41) is 3.57. The monoisotopic (exact) mass is 234 g/mol. The van der Waals surface area contributed by atoms with Gasteiger partial charge in [0.2, 0.25) is 0 Å². The van der Waals surface area contributed by atoms with Crippen LogP contribution in [0, 0.1) is 0 Å². The van der Waals surface area contributed by atoms with Gasteiger partial charge in [0.1, 0.15) is 0 Å². The Kier molecular flexibility index (Phi) is 2.15. The zero-order chi connectivity index (χ0) is 11.2. The Bertz CT molecular complexity index is 516. The number of nitrogens with zero attached hydrogens (tertiary/aromatic N) is 2. The highest BCUT2D eigenvalue weighted by Gasteiger charge is 2.34. The van der Waals surface area contributed by atoms with E-state index in [2.05, 4.69) is 5.10 Å². The molecule has 2 rings (SSSR count). The van der Waals surface area contributed by atoms with E-state index < -0.39 is 11.7 Å². The lowest BCUT2D eigenvalue weighted by atomic mass is 10.1. The fourth-order valence-electron chi connectivity index (χ4n) is 1.50. The highest BCUT2D eigenvalue weighted by atomic mass is 35.5. The fraction of sp³-hybridized carbons (Fsp3) is 0.222. The molecule has 0 aliphatic heterocycles. The maximum Gasteiger partial charge on any atom is 0.417 e. The van der Waals surface area contributed by atoms with E-state index in [1.807, 2.05) is 0 Å². The first-order valence-electron chi connectivity index (χ1n) is 4.09. The molecule has 80 valence electrons. The molecule has 1 aromatic carbocycles. The number of hydrogen-bond acceptors (Lipinski definition) is 1. The molecule has 0 fully saturated rings. The molecule has 0 amide bonds. The van der Waals surface area contributed by atoms with Crippen LogP contribution in [0.4, 0.5) is 13.2 Å². The minimum Gasteiger partial charge on any atom is -0.266 e. The lowest BCUT2D eigenvalue weighted by Crippen LogP contribution is -2.05. The Morgan fingerprint density at radius 2 is 2.00 bits per heavy atom. The largest absolute Gasteiger partial charge is 0.417 e. The molecule has 0 aliphatic carbocycles. The van der Waals surface area contributed by atoms with Gasteiger partial charge < -0.3 is 0 Å². The molecule has 6 heteroatoms. The third-order valence-corrected chi connectivity index (χ3v) is 2.41.